The van der Waals surface area contributed by atoms with Crippen LogP contribution in [-0.2, 0) is 9.30 Å². The molecule has 7 heteroatoms. The first-order valence-electron chi connectivity index (χ1n) is 4.15. The van der Waals surface area contributed by atoms with Crippen LogP contribution in [0, 0.1) is 0 Å². The van der Waals surface area contributed by atoms with E-state index in [0.29, 0.717) is 6.61 Å². The lowest BCUT2D eigenvalue weighted by Crippen LogP contribution is -2.25. The van der Waals surface area contributed by atoms with Crippen LogP contribution in [0.2, 0.25) is 0 Å². The van der Waals surface area contributed by atoms with E-state index in [9.17, 15) is 4.57 Å². The molecule has 1 unspecified atom stereocenters. The van der Waals surface area contributed by atoms with Gasteiger partial charge in [-0.1, -0.05) is 6.08 Å². The number of halogens is 2. The van der Waals surface area contributed by atoms with Gasteiger partial charge in [-0.2, -0.15) is 0 Å². The Morgan fingerprint density at radius 3 is 2.13 bits per heavy atom. The summed E-state index contributed by atoms with van der Waals surface area (Å²) in [6.07, 6.45) is -2.38. The molecule has 0 fully saturated rings. The lowest BCUT2D eigenvalue weighted by Gasteiger charge is -2.21. The highest BCUT2D eigenvalue weighted by molar-refractivity contribution is 8.04. The van der Waals surface area contributed by atoms with E-state index in [1.54, 1.807) is 13.0 Å². The van der Waals surface area contributed by atoms with Gasteiger partial charge in [-0.15, -0.1) is 6.58 Å². The van der Waals surface area contributed by atoms with Crippen LogP contribution in [0.3, 0.4) is 0 Å². The summed E-state index contributed by atoms with van der Waals surface area (Å²) in [4.78, 5) is 7.61. The monoisotopic (exact) mass is 278 g/mol. The van der Waals surface area contributed by atoms with Gasteiger partial charge in [0.05, 0.1) is 18.3 Å². The molecule has 0 saturated heterocycles. The summed E-state index contributed by atoms with van der Waals surface area (Å²) < 4.78 is 14.6. The van der Waals surface area contributed by atoms with Gasteiger partial charge in [-0.25, -0.2) is 0 Å². The van der Waals surface area contributed by atoms with Crippen molar-refractivity contribution in [3.05, 3.63) is 12.7 Å². The fourth-order valence-corrected chi connectivity index (χ4v) is 0.394. The molecule has 0 aromatic carbocycles. The summed E-state index contributed by atoms with van der Waals surface area (Å²) in [5.41, 5.74) is -0.322. The smallest absolute Gasteiger partial charge is 0.377 e. The Labute approximate surface area is 99.9 Å². The molecule has 0 radical (unpaired) electrons. The standard InChI is InChI=1S/C8H16O2.Cl2HO2P/c1-5-8(3,4)10-6-7(2)9;1-5(2,3)4/h5,7,9H,1,6H2,2-4H3;(H,3,4). The average molecular weight is 279 g/mol. The minimum atomic E-state index is -3.69. The third-order valence-corrected chi connectivity index (χ3v) is 1.19. The van der Waals surface area contributed by atoms with Crippen molar-refractivity contribution in [2.75, 3.05) is 6.61 Å². The van der Waals surface area contributed by atoms with Crippen molar-refractivity contribution in [1.82, 2.24) is 0 Å². The van der Waals surface area contributed by atoms with Crippen molar-refractivity contribution in [3.63, 3.8) is 0 Å². The molecular weight excluding hydrogens is 262 g/mol. The Hall–Kier alpha value is 0.430. The zero-order chi connectivity index (χ0) is 12.7. The first-order valence-corrected chi connectivity index (χ1v) is 7.62. The molecule has 0 rings (SSSR count). The van der Waals surface area contributed by atoms with Crippen LogP contribution in [0.5, 0.6) is 0 Å². The molecule has 15 heavy (non-hydrogen) atoms. The maximum Gasteiger partial charge on any atom is 0.377 e. The van der Waals surface area contributed by atoms with Crippen LogP contribution in [0.4, 0.5) is 0 Å². The van der Waals surface area contributed by atoms with Crippen molar-refractivity contribution in [2.24, 2.45) is 0 Å². The summed E-state index contributed by atoms with van der Waals surface area (Å²) >= 11 is 8.81. The number of aliphatic hydroxyl groups excluding tert-OH is 1. The number of aliphatic hydroxyl groups is 1. The molecule has 2 N–H and O–H groups in total. The molecule has 0 aliphatic heterocycles. The molecule has 0 spiro atoms. The van der Waals surface area contributed by atoms with E-state index in [1.165, 1.54) is 0 Å². The Kier molecular flexibility index (Phi) is 9.10. The van der Waals surface area contributed by atoms with E-state index in [0.717, 1.165) is 0 Å². The van der Waals surface area contributed by atoms with E-state index in [1.807, 2.05) is 13.8 Å². The summed E-state index contributed by atoms with van der Waals surface area (Å²) in [6, 6.07) is 0. The van der Waals surface area contributed by atoms with Crippen LogP contribution in [-0.4, -0.2) is 28.3 Å². The molecule has 0 amide bonds. The molecule has 0 bridgehead atoms. The van der Waals surface area contributed by atoms with Gasteiger partial charge in [-0.3, -0.25) is 4.57 Å². The van der Waals surface area contributed by atoms with Crippen LogP contribution in [0.25, 0.3) is 0 Å². The highest BCUT2D eigenvalue weighted by Crippen LogP contribution is 2.51. The Balaban J connectivity index is 0. The SMILES string of the molecule is C=CC(C)(C)OCC(C)O.O=P(O)(Cl)Cl. The van der Waals surface area contributed by atoms with Gasteiger partial charge in [0.15, 0.2) is 0 Å². The number of ether oxygens (including phenoxy) is 1. The number of hydrogen-bond acceptors (Lipinski definition) is 3. The highest BCUT2D eigenvalue weighted by Gasteiger charge is 2.13. The van der Waals surface area contributed by atoms with Crippen LogP contribution >= 0.6 is 28.6 Å². The molecule has 0 aliphatic rings. The third kappa shape index (κ3) is 25.1. The molecule has 0 heterocycles. The van der Waals surface area contributed by atoms with Gasteiger partial charge in [0.2, 0.25) is 0 Å². The molecule has 0 aliphatic carbocycles. The lowest BCUT2D eigenvalue weighted by atomic mass is 10.1. The normalized spacial score (nSPS) is 13.8. The summed E-state index contributed by atoms with van der Waals surface area (Å²) in [6.45, 7) is 9.47. The van der Waals surface area contributed by atoms with Gasteiger partial charge in [0.1, 0.15) is 0 Å². The van der Waals surface area contributed by atoms with E-state index in [4.69, 9.17) is 14.7 Å². The van der Waals surface area contributed by atoms with Crippen LogP contribution in [0.1, 0.15) is 20.8 Å². The third-order valence-electron chi connectivity index (χ3n) is 1.19. The van der Waals surface area contributed by atoms with Crippen molar-refractivity contribution >= 4 is 28.6 Å². The molecule has 4 nitrogen and oxygen atoms in total. The predicted octanol–water partition coefficient (Wildman–Crippen LogP) is 2.91. The predicted molar refractivity (Wildman–Crippen MR) is 63.4 cm³/mol. The summed E-state index contributed by atoms with van der Waals surface area (Å²) in [5, 5.41) is 8.85. The molecule has 0 aromatic rings. The van der Waals surface area contributed by atoms with Gasteiger partial charge in [-0.05, 0) is 43.3 Å². The number of rotatable bonds is 4. The first kappa shape index (κ1) is 17.8. The average Bonchev–Trinajstić information content (AvgIpc) is 1.98. The molecule has 0 saturated carbocycles. The second kappa shape index (κ2) is 7.66. The van der Waals surface area contributed by atoms with E-state index in [2.05, 4.69) is 29.1 Å². The second-order valence-corrected chi connectivity index (χ2v) is 7.54. The van der Waals surface area contributed by atoms with Crippen LogP contribution < -0.4 is 0 Å². The molecule has 92 valence electrons. The fourth-order valence-electron chi connectivity index (χ4n) is 0.394. The summed E-state index contributed by atoms with van der Waals surface area (Å²) in [7, 11) is 0. The Morgan fingerprint density at radius 1 is 1.60 bits per heavy atom. The van der Waals surface area contributed by atoms with Crippen molar-refractivity contribution in [1.29, 1.82) is 0 Å². The molecule has 1 atom stereocenters. The van der Waals surface area contributed by atoms with Crippen molar-refractivity contribution in [2.45, 2.75) is 32.5 Å². The van der Waals surface area contributed by atoms with E-state index in [-0.39, 0.29) is 5.60 Å². The van der Waals surface area contributed by atoms with Crippen molar-refractivity contribution in [3.8, 4) is 0 Å². The minimum Gasteiger partial charge on any atom is -0.391 e. The van der Waals surface area contributed by atoms with Crippen LogP contribution in [0.15, 0.2) is 12.7 Å². The highest BCUT2D eigenvalue weighted by atomic mass is 35.9. The topological polar surface area (TPSA) is 66.8 Å². The lowest BCUT2D eigenvalue weighted by molar-refractivity contribution is -0.0269. The quantitative estimate of drug-likeness (QED) is 0.613. The van der Waals surface area contributed by atoms with Gasteiger partial charge >= 0.3 is 6.07 Å². The zero-order valence-electron chi connectivity index (χ0n) is 8.98. The minimum absolute atomic E-state index is 0.322. The summed E-state index contributed by atoms with van der Waals surface area (Å²) in [5.74, 6) is 0. The van der Waals surface area contributed by atoms with Gasteiger partial charge in [0, 0.05) is 0 Å². The Bertz CT molecular complexity index is 216. The van der Waals surface area contributed by atoms with Gasteiger partial charge < -0.3 is 14.7 Å². The maximum absolute atomic E-state index is 9.30. The zero-order valence-corrected chi connectivity index (χ0v) is 11.4. The van der Waals surface area contributed by atoms with E-state index >= 15 is 0 Å². The Morgan fingerprint density at radius 2 is 1.93 bits per heavy atom. The molecule has 0 aromatic heterocycles. The first-order chi connectivity index (χ1) is 6.48. The van der Waals surface area contributed by atoms with Crippen molar-refractivity contribution < 1.29 is 19.3 Å². The largest absolute Gasteiger partial charge is 0.391 e. The fraction of sp³-hybridized carbons (Fsp3) is 0.750. The number of hydrogen-bond donors (Lipinski definition) is 2. The maximum atomic E-state index is 9.30. The molecular formula is C8H17Cl2O4P. The van der Waals surface area contributed by atoms with E-state index < -0.39 is 12.2 Å². The second-order valence-electron chi connectivity index (χ2n) is 3.40. The van der Waals surface area contributed by atoms with Gasteiger partial charge in [0.25, 0.3) is 0 Å².